The number of nitrogens with zero attached hydrogens (tertiary/aromatic N) is 1. The average molecular weight is 636 g/mol. The smallest absolute Gasteiger partial charge is 0.0746 e. The average Bonchev–Trinajstić information content (AvgIpc) is 3.67. The molecule has 1 nitrogen and oxygen atoms in total. The zero-order chi connectivity index (χ0) is 33.4. The summed E-state index contributed by atoms with van der Waals surface area (Å²) in [6, 6.07) is 60.2. The summed E-state index contributed by atoms with van der Waals surface area (Å²) in [7, 11) is 0. The second kappa shape index (κ2) is 10.8. The Balaban J connectivity index is 1.50. The van der Waals surface area contributed by atoms with Crippen molar-refractivity contribution in [1.82, 2.24) is 4.57 Å². The van der Waals surface area contributed by atoms with Crippen molar-refractivity contribution in [2.45, 2.75) is 5.41 Å². The summed E-state index contributed by atoms with van der Waals surface area (Å²) in [4.78, 5) is 0. The van der Waals surface area contributed by atoms with E-state index in [9.17, 15) is 0 Å². The van der Waals surface area contributed by atoms with Crippen LogP contribution in [0.5, 0.6) is 0 Å². The maximum absolute atomic E-state index is 4.50. The quantitative estimate of drug-likeness (QED) is 0.182. The molecule has 234 valence electrons. The first-order valence-corrected chi connectivity index (χ1v) is 17.3. The van der Waals surface area contributed by atoms with E-state index in [0.717, 1.165) is 33.2 Å². The number of aromatic nitrogens is 1. The highest BCUT2D eigenvalue weighted by atomic mass is 15.0. The Labute approximate surface area is 292 Å². The minimum absolute atomic E-state index is 0.514. The third-order valence-electron chi connectivity index (χ3n) is 11.0. The first-order valence-electron chi connectivity index (χ1n) is 17.3. The molecular weight excluding hydrogens is 603 g/mol. The zero-order valence-corrected chi connectivity index (χ0v) is 27.6. The van der Waals surface area contributed by atoms with Gasteiger partial charge >= 0.3 is 0 Å². The number of fused-ring (bicyclic) bond motifs is 15. The van der Waals surface area contributed by atoms with E-state index >= 15 is 0 Å². The van der Waals surface area contributed by atoms with Crippen LogP contribution in [0, 0.1) is 0 Å². The molecule has 7 aromatic carbocycles. The van der Waals surface area contributed by atoms with Crippen molar-refractivity contribution in [1.29, 1.82) is 0 Å². The van der Waals surface area contributed by atoms with Crippen LogP contribution in [0.15, 0.2) is 177 Å². The van der Waals surface area contributed by atoms with Gasteiger partial charge < -0.3 is 4.57 Å². The molecule has 0 N–H and O–H groups in total. The Kier molecular flexibility index (Phi) is 6.16. The molecule has 1 spiro atoms. The van der Waals surface area contributed by atoms with Gasteiger partial charge in [-0.2, -0.15) is 0 Å². The summed E-state index contributed by atoms with van der Waals surface area (Å²) in [5.74, 6) is 0. The van der Waals surface area contributed by atoms with Crippen LogP contribution in [0.4, 0.5) is 0 Å². The van der Waals surface area contributed by atoms with Crippen LogP contribution in [0.25, 0.3) is 72.5 Å². The van der Waals surface area contributed by atoms with Crippen LogP contribution in [-0.4, -0.2) is 4.57 Å². The molecule has 0 saturated carbocycles. The van der Waals surface area contributed by atoms with E-state index in [0.29, 0.717) is 0 Å². The zero-order valence-electron chi connectivity index (χ0n) is 27.6. The molecule has 1 aromatic heterocycles. The fraction of sp³-hybridized carbons (Fsp3) is 0.0204. The molecule has 0 radical (unpaired) electrons. The normalized spacial score (nSPS) is 13.1. The number of benzene rings is 7. The molecule has 0 amide bonds. The van der Waals surface area contributed by atoms with Crippen LogP contribution in [0.3, 0.4) is 0 Å². The monoisotopic (exact) mass is 635 g/mol. The molecule has 50 heavy (non-hydrogen) atoms. The lowest BCUT2D eigenvalue weighted by molar-refractivity contribution is 0.783. The molecule has 0 atom stereocenters. The van der Waals surface area contributed by atoms with Crippen molar-refractivity contribution in [3.63, 3.8) is 0 Å². The van der Waals surface area contributed by atoms with E-state index < -0.39 is 5.41 Å². The molecule has 1 heteroatoms. The number of rotatable bonds is 3. The lowest BCUT2D eigenvalue weighted by Crippen LogP contribution is -2.27. The molecule has 0 saturated heterocycles. The highest BCUT2D eigenvalue weighted by Crippen LogP contribution is 2.64. The van der Waals surface area contributed by atoms with Gasteiger partial charge in [0.15, 0.2) is 0 Å². The van der Waals surface area contributed by atoms with E-state index in [1.165, 1.54) is 60.7 Å². The molecule has 2 aliphatic rings. The molecule has 2 aliphatic carbocycles. The Morgan fingerprint density at radius 2 is 0.840 bits per heavy atom. The van der Waals surface area contributed by atoms with E-state index in [-0.39, 0.29) is 0 Å². The highest BCUT2D eigenvalue weighted by Gasteiger charge is 2.52. The Hall–Kier alpha value is -6.44. The Morgan fingerprint density at radius 3 is 1.42 bits per heavy atom. The van der Waals surface area contributed by atoms with Crippen molar-refractivity contribution >= 4 is 44.6 Å². The van der Waals surface area contributed by atoms with Crippen molar-refractivity contribution < 1.29 is 0 Å². The molecule has 0 unspecified atom stereocenters. The fourth-order valence-corrected chi connectivity index (χ4v) is 9.18. The van der Waals surface area contributed by atoms with Gasteiger partial charge in [0.1, 0.15) is 0 Å². The van der Waals surface area contributed by atoms with Gasteiger partial charge in [-0.05, 0) is 78.7 Å². The van der Waals surface area contributed by atoms with Crippen LogP contribution in [-0.2, 0) is 5.41 Å². The third-order valence-corrected chi connectivity index (χ3v) is 11.0. The van der Waals surface area contributed by atoms with Gasteiger partial charge in [-0.15, -0.1) is 0 Å². The van der Waals surface area contributed by atoms with Crippen molar-refractivity contribution in [2.75, 3.05) is 0 Å². The van der Waals surface area contributed by atoms with Gasteiger partial charge in [0.05, 0.1) is 22.3 Å². The number of para-hydroxylation sites is 1. The van der Waals surface area contributed by atoms with Gasteiger partial charge in [0, 0.05) is 16.5 Å². The lowest BCUT2D eigenvalue weighted by atomic mass is 9.70. The molecule has 1 heterocycles. The van der Waals surface area contributed by atoms with E-state index in [1.807, 2.05) is 12.2 Å². The predicted molar refractivity (Wildman–Crippen MR) is 212 cm³/mol. The summed E-state index contributed by atoms with van der Waals surface area (Å²) in [5.41, 5.74) is 14.1. The van der Waals surface area contributed by atoms with Gasteiger partial charge in [0.2, 0.25) is 0 Å². The minimum Gasteiger partial charge on any atom is -0.309 e. The number of hydrogen-bond donors (Lipinski definition) is 0. The summed E-state index contributed by atoms with van der Waals surface area (Å²) < 4.78 is 2.47. The van der Waals surface area contributed by atoms with Crippen molar-refractivity contribution in [3.8, 4) is 27.9 Å². The van der Waals surface area contributed by atoms with Gasteiger partial charge in [-0.1, -0.05) is 171 Å². The topological polar surface area (TPSA) is 4.93 Å². The Bertz CT molecular complexity index is 2750. The maximum Gasteiger partial charge on any atom is 0.0746 e. The second-order valence-corrected chi connectivity index (χ2v) is 13.2. The largest absolute Gasteiger partial charge is 0.309 e. The summed E-state index contributed by atoms with van der Waals surface area (Å²) in [6.07, 6.45) is 4.03. The van der Waals surface area contributed by atoms with Gasteiger partial charge in [0.25, 0.3) is 0 Å². The molecule has 8 aromatic rings. The summed E-state index contributed by atoms with van der Waals surface area (Å²) in [6.45, 7) is 8.93. The maximum atomic E-state index is 4.50. The standard InChI is InChI=1S/C49H33N/c1-3-32-33-18-5-6-19-34(33)35-20-7-8-21-36(35)40-25-12-16-30-46(40)50(45(32)4-2)47-31-17-26-41-39-24-11-15-29-44(39)49(48(41)47)42-27-13-9-22-37(42)38-23-10-14-28-43(38)49/h3-31H,1-2H2. The Morgan fingerprint density at radius 1 is 0.400 bits per heavy atom. The van der Waals surface area contributed by atoms with Gasteiger partial charge in [-0.25, -0.2) is 0 Å². The van der Waals surface area contributed by atoms with Crippen LogP contribution < -0.4 is 0 Å². The van der Waals surface area contributed by atoms with Gasteiger partial charge in [-0.3, -0.25) is 0 Å². The molecule has 10 rings (SSSR count). The highest BCUT2D eigenvalue weighted by molar-refractivity contribution is 6.16. The van der Waals surface area contributed by atoms with E-state index in [1.54, 1.807) is 0 Å². The van der Waals surface area contributed by atoms with E-state index in [4.69, 9.17) is 0 Å². The first kappa shape index (κ1) is 28.6. The summed E-state index contributed by atoms with van der Waals surface area (Å²) >= 11 is 0. The van der Waals surface area contributed by atoms with Crippen molar-refractivity contribution in [3.05, 3.63) is 210 Å². The van der Waals surface area contributed by atoms with Crippen LogP contribution in [0.2, 0.25) is 0 Å². The number of hydrogen-bond acceptors (Lipinski definition) is 0. The lowest BCUT2D eigenvalue weighted by Gasteiger charge is -2.33. The molecule has 0 aliphatic heterocycles. The third kappa shape index (κ3) is 3.61. The molecule has 0 fully saturated rings. The SMILES string of the molecule is C=Cc1c(C=C)n(-c2cccc3c2C2(c4ccccc4-c4ccccc42)c2ccccc2-3)c2ccccc2c2ccccc2c2ccccc12. The van der Waals surface area contributed by atoms with Crippen LogP contribution >= 0.6 is 0 Å². The van der Waals surface area contributed by atoms with Crippen LogP contribution in [0.1, 0.15) is 33.5 Å². The molecule has 0 bridgehead atoms. The predicted octanol–water partition coefficient (Wildman–Crippen LogP) is 12.7. The first-order chi connectivity index (χ1) is 24.8. The summed E-state index contributed by atoms with van der Waals surface area (Å²) in [5, 5.41) is 5.86. The molecular formula is C49H33N. The second-order valence-electron chi connectivity index (χ2n) is 13.2. The van der Waals surface area contributed by atoms with Crippen molar-refractivity contribution in [2.24, 2.45) is 0 Å². The minimum atomic E-state index is -0.514. The van der Waals surface area contributed by atoms with E-state index in [2.05, 4.69) is 182 Å². The fourth-order valence-electron chi connectivity index (χ4n) is 9.18.